The number of piperidine rings is 1. The Balaban J connectivity index is 2.19. The number of benzene rings is 1. The molecule has 5 nitrogen and oxygen atoms in total. The minimum absolute atomic E-state index is 0.119. The molecule has 0 aliphatic carbocycles. The van der Waals surface area contributed by atoms with E-state index in [2.05, 4.69) is 0 Å². The largest absolute Gasteiger partial charge is 0.465 e. The summed E-state index contributed by atoms with van der Waals surface area (Å²) < 4.78 is 32.9. The highest BCUT2D eigenvalue weighted by molar-refractivity contribution is 5.89. The Morgan fingerprint density at radius 2 is 1.83 bits per heavy atom. The SMILES string of the molecule is CCOC(=O)c1cc(F)c(C=C2CCN(C(=O)O)CC2)c(F)c1. The topological polar surface area (TPSA) is 66.8 Å². The fourth-order valence-corrected chi connectivity index (χ4v) is 2.39. The molecule has 1 N–H and O–H groups in total. The Kier molecular flexibility index (Phi) is 5.31. The van der Waals surface area contributed by atoms with Crippen LogP contribution in [-0.4, -0.2) is 41.8 Å². The number of carbonyl (C=O) groups is 2. The Bertz CT molecular complexity index is 624. The molecule has 23 heavy (non-hydrogen) atoms. The first-order valence-electron chi connectivity index (χ1n) is 7.25. The van der Waals surface area contributed by atoms with Crippen LogP contribution in [0.5, 0.6) is 0 Å². The molecule has 0 aromatic heterocycles. The molecular formula is C16H17F2NO4. The van der Waals surface area contributed by atoms with Crippen LogP contribution in [0.25, 0.3) is 6.08 Å². The monoisotopic (exact) mass is 325 g/mol. The van der Waals surface area contributed by atoms with Crippen molar-refractivity contribution >= 4 is 18.1 Å². The maximum absolute atomic E-state index is 14.1. The molecule has 1 saturated heterocycles. The van der Waals surface area contributed by atoms with Gasteiger partial charge in [-0.25, -0.2) is 18.4 Å². The van der Waals surface area contributed by atoms with E-state index >= 15 is 0 Å². The third-order valence-corrected chi connectivity index (χ3v) is 3.61. The van der Waals surface area contributed by atoms with Gasteiger partial charge in [0.25, 0.3) is 0 Å². The molecule has 0 unspecified atom stereocenters. The lowest BCUT2D eigenvalue weighted by Gasteiger charge is -2.25. The second-order valence-electron chi connectivity index (χ2n) is 5.15. The lowest BCUT2D eigenvalue weighted by atomic mass is 10.00. The standard InChI is InChI=1S/C16H17F2NO4/c1-2-23-15(20)11-8-13(17)12(14(18)9-11)7-10-3-5-19(6-4-10)16(21)22/h7-9H,2-6H2,1H3,(H,21,22). The molecule has 0 atom stereocenters. The molecule has 0 bridgehead atoms. The average Bonchev–Trinajstić information content (AvgIpc) is 2.51. The normalized spacial score (nSPS) is 14.6. The van der Waals surface area contributed by atoms with Crippen molar-refractivity contribution in [3.8, 4) is 0 Å². The summed E-state index contributed by atoms with van der Waals surface area (Å²) in [5, 5.41) is 8.87. The third kappa shape index (κ3) is 4.06. The number of hydrogen-bond donors (Lipinski definition) is 1. The first-order valence-corrected chi connectivity index (χ1v) is 7.25. The molecule has 1 aliphatic heterocycles. The Hall–Kier alpha value is -2.44. The minimum Gasteiger partial charge on any atom is -0.465 e. The van der Waals surface area contributed by atoms with Crippen molar-refractivity contribution < 1.29 is 28.2 Å². The summed E-state index contributed by atoms with van der Waals surface area (Å²) in [5.74, 6) is -2.47. The van der Waals surface area contributed by atoms with Crippen molar-refractivity contribution in [3.63, 3.8) is 0 Å². The minimum atomic E-state index is -1.000. The van der Waals surface area contributed by atoms with Crippen LogP contribution in [0.3, 0.4) is 0 Å². The third-order valence-electron chi connectivity index (χ3n) is 3.61. The number of carbonyl (C=O) groups excluding carboxylic acids is 1. The smallest absolute Gasteiger partial charge is 0.407 e. The molecule has 0 radical (unpaired) electrons. The number of rotatable bonds is 3. The van der Waals surface area contributed by atoms with Gasteiger partial charge in [0.1, 0.15) is 11.6 Å². The van der Waals surface area contributed by atoms with Crippen LogP contribution in [0, 0.1) is 11.6 Å². The number of carboxylic acid groups (broad SMARTS) is 1. The van der Waals surface area contributed by atoms with E-state index in [-0.39, 0.29) is 17.7 Å². The van der Waals surface area contributed by atoms with Gasteiger partial charge < -0.3 is 14.7 Å². The van der Waals surface area contributed by atoms with Crippen molar-refractivity contribution in [2.24, 2.45) is 0 Å². The van der Waals surface area contributed by atoms with Gasteiger partial charge in [0, 0.05) is 18.7 Å². The van der Waals surface area contributed by atoms with Gasteiger partial charge in [-0.05, 0) is 38.0 Å². The predicted octanol–water partition coefficient (Wildman–Crippen LogP) is 3.30. The van der Waals surface area contributed by atoms with Crippen molar-refractivity contribution in [2.75, 3.05) is 19.7 Å². The maximum atomic E-state index is 14.1. The van der Waals surface area contributed by atoms with Crippen LogP contribution in [-0.2, 0) is 4.74 Å². The molecule has 1 fully saturated rings. The summed E-state index contributed by atoms with van der Waals surface area (Å²) in [7, 11) is 0. The maximum Gasteiger partial charge on any atom is 0.407 e. The van der Waals surface area contributed by atoms with Gasteiger partial charge in [-0.15, -0.1) is 0 Å². The zero-order valence-corrected chi connectivity index (χ0v) is 12.6. The number of halogens is 2. The van der Waals surface area contributed by atoms with Gasteiger partial charge in [-0.1, -0.05) is 5.57 Å². The van der Waals surface area contributed by atoms with E-state index < -0.39 is 23.7 Å². The van der Waals surface area contributed by atoms with Crippen LogP contribution in [0.4, 0.5) is 13.6 Å². The summed E-state index contributed by atoms with van der Waals surface area (Å²) in [5.41, 5.74) is 0.366. The highest BCUT2D eigenvalue weighted by Gasteiger charge is 2.20. The summed E-state index contributed by atoms with van der Waals surface area (Å²) in [6.07, 6.45) is 1.23. The summed E-state index contributed by atoms with van der Waals surface area (Å²) >= 11 is 0. The van der Waals surface area contributed by atoms with Crippen LogP contribution in [0.2, 0.25) is 0 Å². The van der Waals surface area contributed by atoms with Gasteiger partial charge >= 0.3 is 12.1 Å². The van der Waals surface area contributed by atoms with Gasteiger partial charge in [0.15, 0.2) is 0 Å². The van der Waals surface area contributed by atoms with E-state index in [1.54, 1.807) is 6.92 Å². The Morgan fingerprint density at radius 1 is 1.26 bits per heavy atom. The number of esters is 1. The molecule has 1 amide bonds. The number of hydrogen-bond acceptors (Lipinski definition) is 3. The lowest BCUT2D eigenvalue weighted by Crippen LogP contribution is -2.35. The van der Waals surface area contributed by atoms with E-state index in [4.69, 9.17) is 9.84 Å². The highest BCUT2D eigenvalue weighted by Crippen LogP contribution is 2.24. The second kappa shape index (κ2) is 7.21. The van der Waals surface area contributed by atoms with Crippen LogP contribution >= 0.6 is 0 Å². The fourth-order valence-electron chi connectivity index (χ4n) is 2.39. The van der Waals surface area contributed by atoms with Gasteiger partial charge in [0.05, 0.1) is 12.2 Å². The van der Waals surface area contributed by atoms with E-state index in [9.17, 15) is 18.4 Å². The molecule has 0 spiro atoms. The number of nitrogens with zero attached hydrogens (tertiary/aromatic N) is 1. The van der Waals surface area contributed by atoms with E-state index in [1.165, 1.54) is 11.0 Å². The first kappa shape index (κ1) is 16.9. The molecular weight excluding hydrogens is 308 g/mol. The summed E-state index contributed by atoms with van der Waals surface area (Å²) in [4.78, 5) is 23.6. The summed E-state index contributed by atoms with van der Waals surface area (Å²) in [6.45, 7) is 2.32. The predicted molar refractivity (Wildman–Crippen MR) is 79.1 cm³/mol. The van der Waals surface area contributed by atoms with Gasteiger partial charge in [-0.3, -0.25) is 0 Å². The molecule has 1 aliphatic rings. The molecule has 7 heteroatoms. The number of ether oxygens (including phenoxy) is 1. The molecule has 2 rings (SSSR count). The average molecular weight is 325 g/mol. The van der Waals surface area contributed by atoms with Crippen LogP contribution in [0.15, 0.2) is 17.7 Å². The van der Waals surface area contributed by atoms with Crippen molar-refractivity contribution in [1.82, 2.24) is 4.90 Å². The Labute approximate surface area is 132 Å². The van der Waals surface area contributed by atoms with E-state index in [0.717, 1.165) is 17.7 Å². The molecule has 0 saturated carbocycles. The van der Waals surface area contributed by atoms with E-state index in [0.29, 0.717) is 25.9 Å². The molecule has 1 heterocycles. The number of amides is 1. The molecule has 124 valence electrons. The number of likely N-dealkylation sites (tertiary alicyclic amines) is 1. The molecule has 1 aromatic carbocycles. The van der Waals surface area contributed by atoms with Crippen molar-refractivity contribution in [2.45, 2.75) is 19.8 Å². The van der Waals surface area contributed by atoms with Crippen LogP contribution in [0.1, 0.15) is 35.7 Å². The summed E-state index contributed by atoms with van der Waals surface area (Å²) in [6, 6.07) is 1.89. The first-order chi connectivity index (χ1) is 10.9. The lowest BCUT2D eigenvalue weighted by molar-refractivity contribution is 0.0525. The fraction of sp³-hybridized carbons (Fsp3) is 0.375. The Morgan fingerprint density at radius 3 is 2.30 bits per heavy atom. The quantitative estimate of drug-likeness (QED) is 0.866. The van der Waals surface area contributed by atoms with Gasteiger partial charge in [0.2, 0.25) is 0 Å². The zero-order valence-electron chi connectivity index (χ0n) is 12.6. The van der Waals surface area contributed by atoms with Crippen LogP contribution < -0.4 is 0 Å². The second-order valence-corrected chi connectivity index (χ2v) is 5.15. The highest BCUT2D eigenvalue weighted by atomic mass is 19.1. The van der Waals surface area contributed by atoms with Crippen molar-refractivity contribution in [1.29, 1.82) is 0 Å². The van der Waals surface area contributed by atoms with Gasteiger partial charge in [-0.2, -0.15) is 0 Å². The molecule has 1 aromatic rings. The van der Waals surface area contributed by atoms with Crippen molar-refractivity contribution in [3.05, 3.63) is 40.5 Å². The van der Waals surface area contributed by atoms with E-state index in [1.807, 2.05) is 0 Å². The zero-order chi connectivity index (χ0) is 17.0.